The molecule has 0 aliphatic rings. The number of nitrogens with zero attached hydrogens (tertiary/aromatic N) is 1. The van der Waals surface area contributed by atoms with Crippen molar-refractivity contribution in [1.82, 2.24) is 0 Å². The van der Waals surface area contributed by atoms with Gasteiger partial charge in [-0.3, -0.25) is 9.10 Å². The molecule has 1 amide bonds. The number of anilines is 2. The topological polar surface area (TPSA) is 75.7 Å². The summed E-state index contributed by atoms with van der Waals surface area (Å²) in [5.74, 6) is -0.151. The SMILES string of the molecule is CCc1ccccc1NC(=O)[C@@H](C)N(c1cc(Cl)ccc1OC)S(C)(=O)=O. The summed E-state index contributed by atoms with van der Waals surface area (Å²) in [7, 11) is -2.36. The average molecular weight is 411 g/mol. The molecule has 0 fully saturated rings. The molecular formula is C19H23ClN2O4S. The molecule has 6 nitrogen and oxygen atoms in total. The van der Waals surface area contributed by atoms with Crippen molar-refractivity contribution < 1.29 is 17.9 Å². The average Bonchev–Trinajstić information content (AvgIpc) is 2.61. The molecule has 8 heteroatoms. The zero-order valence-electron chi connectivity index (χ0n) is 15.7. The molecule has 0 aromatic heterocycles. The molecule has 0 aliphatic heterocycles. The summed E-state index contributed by atoms with van der Waals surface area (Å²) in [5, 5.41) is 3.15. The molecular weight excluding hydrogens is 388 g/mol. The summed E-state index contributed by atoms with van der Waals surface area (Å²) in [6.07, 6.45) is 1.78. The van der Waals surface area contributed by atoms with E-state index in [0.29, 0.717) is 16.5 Å². The van der Waals surface area contributed by atoms with Crippen LogP contribution in [0.2, 0.25) is 5.02 Å². The van der Waals surface area contributed by atoms with Crippen molar-refractivity contribution >= 4 is 38.9 Å². The number of para-hydroxylation sites is 1. The first-order chi connectivity index (χ1) is 12.7. The maximum absolute atomic E-state index is 12.8. The summed E-state index contributed by atoms with van der Waals surface area (Å²) in [4.78, 5) is 12.8. The van der Waals surface area contributed by atoms with E-state index in [4.69, 9.17) is 16.3 Å². The second-order valence-electron chi connectivity index (χ2n) is 6.05. The molecule has 0 bridgehead atoms. The van der Waals surface area contributed by atoms with E-state index in [1.807, 2.05) is 25.1 Å². The van der Waals surface area contributed by atoms with Gasteiger partial charge in [-0.1, -0.05) is 36.7 Å². The Morgan fingerprint density at radius 2 is 1.93 bits per heavy atom. The highest BCUT2D eigenvalue weighted by atomic mass is 35.5. The molecule has 0 saturated carbocycles. The van der Waals surface area contributed by atoms with Gasteiger partial charge in [0.2, 0.25) is 15.9 Å². The minimum Gasteiger partial charge on any atom is -0.495 e. The van der Waals surface area contributed by atoms with Gasteiger partial charge < -0.3 is 10.1 Å². The molecule has 0 unspecified atom stereocenters. The predicted octanol–water partition coefficient (Wildman–Crippen LogP) is 3.70. The molecule has 1 N–H and O–H groups in total. The Morgan fingerprint density at radius 1 is 1.26 bits per heavy atom. The lowest BCUT2D eigenvalue weighted by molar-refractivity contribution is -0.116. The van der Waals surface area contributed by atoms with Crippen LogP contribution in [0.25, 0.3) is 0 Å². The van der Waals surface area contributed by atoms with Crippen LogP contribution in [0, 0.1) is 0 Å². The Bertz CT molecular complexity index is 931. The van der Waals surface area contributed by atoms with Gasteiger partial charge in [0.05, 0.1) is 19.1 Å². The molecule has 0 aliphatic carbocycles. The maximum atomic E-state index is 12.8. The number of benzene rings is 2. The highest BCUT2D eigenvalue weighted by Crippen LogP contribution is 2.34. The fourth-order valence-electron chi connectivity index (χ4n) is 2.80. The van der Waals surface area contributed by atoms with E-state index in [9.17, 15) is 13.2 Å². The number of carbonyl (C=O) groups excluding carboxylic acids is 1. The van der Waals surface area contributed by atoms with Crippen LogP contribution < -0.4 is 14.4 Å². The molecule has 2 aromatic carbocycles. The van der Waals surface area contributed by atoms with Crippen LogP contribution in [0.4, 0.5) is 11.4 Å². The van der Waals surface area contributed by atoms with Crippen molar-refractivity contribution in [1.29, 1.82) is 0 Å². The zero-order chi connectivity index (χ0) is 20.2. The number of hydrogen-bond donors (Lipinski definition) is 1. The Labute approximate surface area is 165 Å². The van der Waals surface area contributed by atoms with E-state index < -0.39 is 22.0 Å². The van der Waals surface area contributed by atoms with Gasteiger partial charge in [-0.2, -0.15) is 0 Å². The van der Waals surface area contributed by atoms with Crippen molar-refractivity contribution in [2.75, 3.05) is 23.0 Å². The summed E-state index contributed by atoms with van der Waals surface area (Å²) < 4.78 is 31.2. The molecule has 1 atom stereocenters. The van der Waals surface area contributed by atoms with E-state index in [2.05, 4.69) is 5.32 Å². The first kappa shape index (κ1) is 21.1. The number of sulfonamides is 1. The van der Waals surface area contributed by atoms with Gasteiger partial charge in [0.1, 0.15) is 11.8 Å². The van der Waals surface area contributed by atoms with E-state index in [-0.39, 0.29) is 5.69 Å². The van der Waals surface area contributed by atoms with Gasteiger partial charge >= 0.3 is 0 Å². The number of aryl methyl sites for hydroxylation is 1. The van der Waals surface area contributed by atoms with Gasteiger partial charge in [0, 0.05) is 10.7 Å². The van der Waals surface area contributed by atoms with Crippen LogP contribution in [0.3, 0.4) is 0 Å². The Kier molecular flexibility index (Phi) is 6.73. The fraction of sp³-hybridized carbons (Fsp3) is 0.316. The number of carbonyl (C=O) groups is 1. The van der Waals surface area contributed by atoms with Crippen molar-refractivity contribution in [2.45, 2.75) is 26.3 Å². The second-order valence-corrected chi connectivity index (χ2v) is 8.35. The van der Waals surface area contributed by atoms with Crippen molar-refractivity contribution in [3.8, 4) is 5.75 Å². The van der Waals surface area contributed by atoms with Crippen molar-refractivity contribution in [2.24, 2.45) is 0 Å². The summed E-state index contributed by atoms with van der Waals surface area (Å²) in [5.41, 5.74) is 1.83. The number of amides is 1. The Balaban J connectivity index is 2.43. The highest BCUT2D eigenvalue weighted by Gasteiger charge is 2.31. The Hall–Kier alpha value is -2.25. The van der Waals surface area contributed by atoms with E-state index in [1.165, 1.54) is 20.1 Å². The summed E-state index contributed by atoms with van der Waals surface area (Å²) >= 11 is 6.04. The van der Waals surface area contributed by atoms with Gasteiger partial charge in [-0.15, -0.1) is 0 Å². The van der Waals surface area contributed by atoms with Crippen molar-refractivity contribution in [3.05, 3.63) is 53.1 Å². The fourth-order valence-corrected chi connectivity index (χ4v) is 4.14. The first-order valence-corrected chi connectivity index (χ1v) is 10.6. The zero-order valence-corrected chi connectivity index (χ0v) is 17.3. The van der Waals surface area contributed by atoms with Gasteiger partial charge in [-0.25, -0.2) is 8.42 Å². The molecule has 0 saturated heterocycles. The lowest BCUT2D eigenvalue weighted by Crippen LogP contribution is -2.45. The number of halogens is 1. The molecule has 2 aromatic rings. The molecule has 27 heavy (non-hydrogen) atoms. The highest BCUT2D eigenvalue weighted by molar-refractivity contribution is 7.92. The van der Waals surface area contributed by atoms with Crippen LogP contribution in [-0.4, -0.2) is 33.7 Å². The van der Waals surface area contributed by atoms with Gasteiger partial charge in [0.15, 0.2) is 0 Å². The van der Waals surface area contributed by atoms with Crippen LogP contribution in [0.1, 0.15) is 19.4 Å². The van der Waals surface area contributed by atoms with Gasteiger partial charge in [0.25, 0.3) is 0 Å². The third kappa shape index (κ3) is 4.93. The van der Waals surface area contributed by atoms with Crippen LogP contribution in [0.15, 0.2) is 42.5 Å². The van der Waals surface area contributed by atoms with Crippen LogP contribution in [0.5, 0.6) is 5.75 Å². The van der Waals surface area contributed by atoms with E-state index in [0.717, 1.165) is 22.5 Å². The van der Waals surface area contributed by atoms with Crippen LogP contribution in [-0.2, 0) is 21.2 Å². The number of rotatable bonds is 7. The lowest BCUT2D eigenvalue weighted by atomic mass is 10.1. The smallest absolute Gasteiger partial charge is 0.248 e. The molecule has 2 rings (SSSR count). The Morgan fingerprint density at radius 3 is 2.52 bits per heavy atom. The number of hydrogen-bond acceptors (Lipinski definition) is 4. The molecule has 0 radical (unpaired) electrons. The maximum Gasteiger partial charge on any atom is 0.248 e. The molecule has 0 spiro atoms. The van der Waals surface area contributed by atoms with E-state index >= 15 is 0 Å². The van der Waals surface area contributed by atoms with Crippen molar-refractivity contribution in [3.63, 3.8) is 0 Å². The monoisotopic (exact) mass is 410 g/mol. The predicted molar refractivity (Wildman–Crippen MR) is 109 cm³/mol. The molecule has 0 heterocycles. The minimum absolute atomic E-state index is 0.207. The second kappa shape index (κ2) is 8.63. The lowest BCUT2D eigenvalue weighted by Gasteiger charge is -2.29. The third-order valence-corrected chi connectivity index (χ3v) is 5.59. The standard InChI is InChI=1S/C19H23ClN2O4S/c1-5-14-8-6-7-9-16(14)21-19(23)13(2)22(27(4,24)25)17-12-15(20)10-11-18(17)26-3/h6-13H,5H2,1-4H3,(H,21,23)/t13-/m1/s1. The quantitative estimate of drug-likeness (QED) is 0.755. The third-order valence-electron chi connectivity index (χ3n) is 4.12. The normalized spacial score (nSPS) is 12.3. The largest absolute Gasteiger partial charge is 0.495 e. The number of ether oxygens (including phenoxy) is 1. The van der Waals surface area contributed by atoms with E-state index in [1.54, 1.807) is 18.2 Å². The minimum atomic E-state index is -3.79. The summed E-state index contributed by atoms with van der Waals surface area (Å²) in [6, 6.07) is 11.0. The summed E-state index contributed by atoms with van der Waals surface area (Å²) in [6.45, 7) is 3.50. The first-order valence-electron chi connectivity index (χ1n) is 8.40. The molecule has 146 valence electrons. The van der Waals surface area contributed by atoms with Crippen LogP contribution >= 0.6 is 11.6 Å². The van der Waals surface area contributed by atoms with Gasteiger partial charge in [-0.05, 0) is 43.2 Å². The number of methoxy groups -OCH3 is 1. The number of nitrogens with one attached hydrogen (secondary N) is 1.